The number of pyridine rings is 1. The van der Waals surface area contributed by atoms with Crippen LogP contribution >= 0.6 is 0 Å². The maximum atomic E-state index is 13.6. The molecule has 0 saturated heterocycles. The minimum Gasteiger partial charge on any atom is -0.506 e. The van der Waals surface area contributed by atoms with E-state index in [1.165, 1.54) is 22.8 Å². The van der Waals surface area contributed by atoms with E-state index in [-0.39, 0.29) is 5.69 Å². The summed E-state index contributed by atoms with van der Waals surface area (Å²) in [5.41, 5.74) is -0.234. The first-order chi connectivity index (χ1) is 15.3. The SMILES string of the molecule is O=C(O)c1ccccc1S(=O)(=O)c1c(O)cc(-c2ccccc2)n(-c2ccccc2)c1=O. The Kier molecular flexibility index (Phi) is 5.38. The van der Waals surface area contributed by atoms with Crippen molar-refractivity contribution in [2.45, 2.75) is 9.79 Å². The number of benzene rings is 3. The Hall–Kier alpha value is -4.17. The van der Waals surface area contributed by atoms with Crippen molar-refractivity contribution < 1.29 is 23.4 Å². The molecular weight excluding hydrogens is 430 g/mol. The molecule has 4 aromatic rings. The molecule has 4 rings (SSSR count). The Morgan fingerprint density at radius 3 is 2.00 bits per heavy atom. The third kappa shape index (κ3) is 3.57. The first-order valence-electron chi connectivity index (χ1n) is 9.49. The molecule has 0 amide bonds. The van der Waals surface area contributed by atoms with Crippen molar-refractivity contribution in [1.29, 1.82) is 0 Å². The van der Waals surface area contributed by atoms with E-state index in [4.69, 9.17) is 0 Å². The third-order valence-corrected chi connectivity index (χ3v) is 6.76. The summed E-state index contributed by atoms with van der Waals surface area (Å²) in [6.45, 7) is 0. The molecule has 2 N–H and O–H groups in total. The zero-order valence-electron chi connectivity index (χ0n) is 16.5. The summed E-state index contributed by atoms with van der Waals surface area (Å²) in [5, 5.41) is 20.1. The lowest BCUT2D eigenvalue weighted by atomic mass is 10.1. The Bertz CT molecular complexity index is 1480. The number of para-hydroxylation sites is 1. The second-order valence-electron chi connectivity index (χ2n) is 6.89. The van der Waals surface area contributed by atoms with Gasteiger partial charge < -0.3 is 10.2 Å². The number of hydrogen-bond donors (Lipinski definition) is 2. The first kappa shape index (κ1) is 21.1. The molecule has 0 aliphatic rings. The molecule has 0 fully saturated rings. The standard InChI is InChI=1S/C24H17NO6S/c26-20-15-19(16-9-3-1-4-10-16)25(17-11-5-2-6-12-17)23(27)22(20)32(30,31)21-14-8-7-13-18(21)24(28)29/h1-15,26H,(H,28,29). The predicted molar refractivity (Wildman–Crippen MR) is 118 cm³/mol. The maximum Gasteiger partial charge on any atom is 0.337 e. The van der Waals surface area contributed by atoms with Crippen molar-refractivity contribution >= 4 is 15.8 Å². The van der Waals surface area contributed by atoms with Gasteiger partial charge in [-0.3, -0.25) is 9.36 Å². The molecule has 0 unspecified atom stereocenters. The molecule has 0 aliphatic carbocycles. The lowest BCUT2D eigenvalue weighted by Crippen LogP contribution is -2.27. The Labute approximate surface area is 183 Å². The third-order valence-electron chi connectivity index (χ3n) is 4.90. The minimum absolute atomic E-state index is 0.282. The molecule has 0 atom stereocenters. The fourth-order valence-electron chi connectivity index (χ4n) is 3.48. The van der Waals surface area contributed by atoms with Crippen molar-refractivity contribution in [3.8, 4) is 22.7 Å². The Morgan fingerprint density at radius 1 is 0.812 bits per heavy atom. The van der Waals surface area contributed by atoms with E-state index in [9.17, 15) is 28.2 Å². The molecule has 1 heterocycles. The fraction of sp³-hybridized carbons (Fsp3) is 0. The van der Waals surface area contributed by atoms with Crippen molar-refractivity contribution in [1.82, 2.24) is 4.57 Å². The van der Waals surface area contributed by atoms with Gasteiger partial charge >= 0.3 is 5.97 Å². The van der Waals surface area contributed by atoms with E-state index in [1.54, 1.807) is 60.7 Å². The molecule has 7 nitrogen and oxygen atoms in total. The lowest BCUT2D eigenvalue weighted by molar-refractivity contribution is 0.0692. The van der Waals surface area contributed by atoms with E-state index in [2.05, 4.69) is 0 Å². The number of rotatable bonds is 5. The molecule has 0 bridgehead atoms. The highest BCUT2D eigenvalue weighted by Gasteiger charge is 2.32. The van der Waals surface area contributed by atoms with Gasteiger partial charge in [0.2, 0.25) is 9.84 Å². The molecule has 0 saturated carbocycles. The van der Waals surface area contributed by atoms with Crippen LogP contribution in [0.3, 0.4) is 0 Å². The van der Waals surface area contributed by atoms with Gasteiger partial charge in [0.25, 0.3) is 5.56 Å². The van der Waals surface area contributed by atoms with Crippen molar-refractivity contribution in [2.75, 3.05) is 0 Å². The van der Waals surface area contributed by atoms with Crippen LogP contribution in [-0.4, -0.2) is 29.2 Å². The van der Waals surface area contributed by atoms with E-state index in [0.29, 0.717) is 11.3 Å². The van der Waals surface area contributed by atoms with Crippen LogP contribution < -0.4 is 5.56 Å². The minimum atomic E-state index is -4.67. The van der Waals surface area contributed by atoms with Gasteiger partial charge in [-0.15, -0.1) is 0 Å². The number of carboxylic acid groups (broad SMARTS) is 1. The average Bonchev–Trinajstić information content (AvgIpc) is 2.79. The second-order valence-corrected chi connectivity index (χ2v) is 8.75. The molecule has 0 aliphatic heterocycles. The summed E-state index contributed by atoms with van der Waals surface area (Å²) < 4.78 is 28.0. The van der Waals surface area contributed by atoms with E-state index >= 15 is 0 Å². The fourth-order valence-corrected chi connectivity index (χ4v) is 5.05. The van der Waals surface area contributed by atoms with Gasteiger partial charge in [-0.25, -0.2) is 13.2 Å². The summed E-state index contributed by atoms with van der Waals surface area (Å²) in [6, 6.07) is 23.3. The van der Waals surface area contributed by atoms with Crippen LogP contribution in [-0.2, 0) is 9.84 Å². The largest absolute Gasteiger partial charge is 0.506 e. The molecule has 1 aromatic heterocycles. The number of sulfone groups is 1. The van der Waals surface area contributed by atoms with Crippen LogP contribution in [0.15, 0.2) is 106 Å². The summed E-state index contributed by atoms with van der Waals surface area (Å²) >= 11 is 0. The van der Waals surface area contributed by atoms with Gasteiger partial charge in [-0.1, -0.05) is 60.7 Å². The molecule has 32 heavy (non-hydrogen) atoms. The molecule has 8 heteroatoms. The smallest absolute Gasteiger partial charge is 0.337 e. The Morgan fingerprint density at radius 2 is 1.38 bits per heavy atom. The second kappa shape index (κ2) is 8.16. The van der Waals surface area contributed by atoms with Gasteiger partial charge in [-0.05, 0) is 29.8 Å². The van der Waals surface area contributed by atoms with Crippen molar-refractivity contribution in [3.05, 3.63) is 107 Å². The van der Waals surface area contributed by atoms with Crippen LogP contribution in [0.1, 0.15) is 10.4 Å². The van der Waals surface area contributed by atoms with Gasteiger partial charge in [0.15, 0.2) is 4.90 Å². The summed E-state index contributed by atoms with van der Waals surface area (Å²) in [4.78, 5) is 23.7. The van der Waals surface area contributed by atoms with Crippen LogP contribution in [0.2, 0.25) is 0 Å². The summed E-state index contributed by atoms with van der Waals surface area (Å²) in [6.07, 6.45) is 0. The van der Waals surface area contributed by atoms with Crippen LogP contribution in [0, 0.1) is 0 Å². The highest BCUT2D eigenvalue weighted by Crippen LogP contribution is 2.32. The van der Waals surface area contributed by atoms with Crippen LogP contribution in [0.5, 0.6) is 5.75 Å². The van der Waals surface area contributed by atoms with Crippen molar-refractivity contribution in [3.63, 3.8) is 0 Å². The van der Waals surface area contributed by atoms with E-state index in [0.717, 1.165) is 12.1 Å². The number of aromatic carboxylic acids is 1. The van der Waals surface area contributed by atoms with E-state index < -0.39 is 42.5 Å². The normalized spacial score (nSPS) is 11.2. The Balaban J connectivity index is 2.09. The molecule has 160 valence electrons. The molecular formula is C24H17NO6S. The van der Waals surface area contributed by atoms with Crippen LogP contribution in [0.4, 0.5) is 0 Å². The van der Waals surface area contributed by atoms with Gasteiger partial charge in [-0.2, -0.15) is 0 Å². The maximum absolute atomic E-state index is 13.6. The van der Waals surface area contributed by atoms with Gasteiger partial charge in [0, 0.05) is 11.8 Å². The first-order valence-corrected chi connectivity index (χ1v) is 11.0. The van der Waals surface area contributed by atoms with Crippen LogP contribution in [0.25, 0.3) is 16.9 Å². The summed E-state index contributed by atoms with van der Waals surface area (Å²) in [7, 11) is -4.67. The highest BCUT2D eigenvalue weighted by atomic mass is 32.2. The predicted octanol–water partition coefficient (Wildman–Crippen LogP) is 3.74. The number of carbonyl (C=O) groups is 1. The number of aromatic hydroxyl groups is 1. The van der Waals surface area contributed by atoms with Gasteiger partial charge in [0.05, 0.1) is 16.2 Å². The summed E-state index contributed by atoms with van der Waals surface area (Å²) in [5.74, 6) is -2.23. The highest BCUT2D eigenvalue weighted by molar-refractivity contribution is 7.91. The van der Waals surface area contributed by atoms with Crippen molar-refractivity contribution in [2.24, 2.45) is 0 Å². The molecule has 3 aromatic carbocycles. The zero-order chi connectivity index (χ0) is 22.9. The molecule has 0 spiro atoms. The van der Waals surface area contributed by atoms with E-state index in [1.807, 2.05) is 0 Å². The monoisotopic (exact) mass is 447 g/mol. The number of nitrogens with zero attached hydrogens (tertiary/aromatic N) is 1. The number of hydrogen-bond acceptors (Lipinski definition) is 5. The zero-order valence-corrected chi connectivity index (χ0v) is 17.4. The number of carboxylic acids is 1. The molecule has 0 radical (unpaired) electrons. The van der Waals surface area contributed by atoms with Gasteiger partial charge in [0.1, 0.15) is 5.75 Å². The number of aromatic nitrogens is 1. The quantitative estimate of drug-likeness (QED) is 0.482. The topological polar surface area (TPSA) is 114 Å². The lowest BCUT2D eigenvalue weighted by Gasteiger charge is -2.17. The average molecular weight is 447 g/mol.